The third kappa shape index (κ3) is 5.93. The monoisotopic (exact) mass is 458 g/mol. The van der Waals surface area contributed by atoms with Gasteiger partial charge in [-0.25, -0.2) is 5.01 Å². The second kappa shape index (κ2) is 10.7. The molecule has 0 unspecified atom stereocenters. The smallest absolute Gasteiger partial charge is 0.305 e. The standard InChI is InChI=1S/C22H26N4O7/c27-13-15(11-20(30)31)23-21(32)17-7-4-10-25-19(29)12-16(22(33)26(17)25)24-18(28)9-8-14-5-2-1-3-6-14/h1-3,5-6,13,15-17H,4,7-12H2,(H,23,32)(H,24,28)(H,30,31)/t15-,16-,17-/m0/s1. The molecule has 1 aromatic rings. The fraction of sp³-hybridized carbons (Fsp3) is 0.455. The summed E-state index contributed by atoms with van der Waals surface area (Å²) in [7, 11) is 0. The number of hydrogen-bond acceptors (Lipinski definition) is 6. The zero-order chi connectivity index (χ0) is 24.0. The molecule has 33 heavy (non-hydrogen) atoms. The molecule has 11 nitrogen and oxygen atoms in total. The summed E-state index contributed by atoms with van der Waals surface area (Å²) in [6, 6.07) is 5.90. The predicted molar refractivity (Wildman–Crippen MR) is 113 cm³/mol. The van der Waals surface area contributed by atoms with E-state index in [1.54, 1.807) is 0 Å². The van der Waals surface area contributed by atoms with E-state index in [1.807, 2.05) is 30.3 Å². The van der Waals surface area contributed by atoms with Crippen LogP contribution < -0.4 is 10.6 Å². The Balaban J connectivity index is 1.67. The number of fused-ring (bicyclic) bond motifs is 1. The molecule has 2 fully saturated rings. The molecule has 0 radical (unpaired) electrons. The van der Waals surface area contributed by atoms with Crippen molar-refractivity contribution in [2.45, 2.75) is 56.7 Å². The highest BCUT2D eigenvalue weighted by Gasteiger charge is 2.47. The van der Waals surface area contributed by atoms with Crippen molar-refractivity contribution in [1.29, 1.82) is 0 Å². The third-order valence-electron chi connectivity index (χ3n) is 5.60. The summed E-state index contributed by atoms with van der Waals surface area (Å²) in [5.41, 5.74) is 0.962. The van der Waals surface area contributed by atoms with Crippen molar-refractivity contribution in [3.8, 4) is 0 Å². The van der Waals surface area contributed by atoms with Crippen LogP contribution in [0, 0.1) is 0 Å². The molecule has 11 heteroatoms. The van der Waals surface area contributed by atoms with Gasteiger partial charge in [0.2, 0.25) is 17.7 Å². The summed E-state index contributed by atoms with van der Waals surface area (Å²) in [5.74, 6) is -3.38. The number of benzene rings is 1. The van der Waals surface area contributed by atoms with Crippen molar-refractivity contribution < 1.29 is 33.9 Å². The molecule has 2 saturated heterocycles. The number of carboxylic acid groups (broad SMARTS) is 1. The van der Waals surface area contributed by atoms with Gasteiger partial charge in [-0.15, -0.1) is 0 Å². The van der Waals surface area contributed by atoms with Crippen LogP contribution in [0.1, 0.15) is 37.7 Å². The van der Waals surface area contributed by atoms with Crippen molar-refractivity contribution in [2.75, 3.05) is 6.54 Å². The zero-order valence-corrected chi connectivity index (χ0v) is 17.9. The fourth-order valence-corrected chi connectivity index (χ4v) is 4.00. The number of hydrogen-bond donors (Lipinski definition) is 3. The van der Waals surface area contributed by atoms with Gasteiger partial charge in [-0.05, 0) is 24.8 Å². The van der Waals surface area contributed by atoms with Crippen molar-refractivity contribution in [2.24, 2.45) is 0 Å². The Hall–Kier alpha value is -3.76. The maximum Gasteiger partial charge on any atom is 0.305 e. The average Bonchev–Trinajstić information content (AvgIpc) is 2.80. The van der Waals surface area contributed by atoms with E-state index < -0.39 is 48.2 Å². The maximum absolute atomic E-state index is 13.1. The van der Waals surface area contributed by atoms with Crippen LogP contribution in [0.3, 0.4) is 0 Å². The molecule has 176 valence electrons. The number of rotatable bonds is 9. The van der Waals surface area contributed by atoms with Crippen molar-refractivity contribution >= 4 is 35.9 Å². The first-order chi connectivity index (χ1) is 15.8. The van der Waals surface area contributed by atoms with Gasteiger partial charge in [0, 0.05) is 13.0 Å². The number of carbonyl (C=O) groups is 6. The Morgan fingerprint density at radius 2 is 1.91 bits per heavy atom. The van der Waals surface area contributed by atoms with Gasteiger partial charge >= 0.3 is 5.97 Å². The van der Waals surface area contributed by atoms with Gasteiger partial charge in [0.1, 0.15) is 18.4 Å². The van der Waals surface area contributed by atoms with E-state index in [4.69, 9.17) is 5.11 Å². The molecule has 0 saturated carbocycles. The van der Waals surface area contributed by atoms with E-state index in [9.17, 15) is 28.8 Å². The fourth-order valence-electron chi connectivity index (χ4n) is 4.00. The second-order valence-corrected chi connectivity index (χ2v) is 8.02. The average molecular weight is 458 g/mol. The Labute approximate surface area is 190 Å². The molecule has 4 amide bonds. The minimum Gasteiger partial charge on any atom is -0.481 e. The quantitative estimate of drug-likeness (QED) is 0.418. The molecule has 2 heterocycles. The number of nitrogens with zero attached hydrogens (tertiary/aromatic N) is 2. The highest BCUT2D eigenvalue weighted by molar-refractivity contribution is 5.99. The number of amides is 4. The Morgan fingerprint density at radius 3 is 2.58 bits per heavy atom. The molecule has 0 aliphatic carbocycles. The van der Waals surface area contributed by atoms with Crippen LogP contribution in [0.25, 0.3) is 0 Å². The molecule has 0 spiro atoms. The van der Waals surface area contributed by atoms with Crippen LogP contribution in [-0.2, 0) is 35.2 Å². The highest BCUT2D eigenvalue weighted by atomic mass is 16.4. The lowest BCUT2D eigenvalue weighted by molar-refractivity contribution is -0.186. The summed E-state index contributed by atoms with van der Waals surface area (Å²) < 4.78 is 0. The van der Waals surface area contributed by atoms with Gasteiger partial charge in [0.25, 0.3) is 5.91 Å². The minimum atomic E-state index is -1.26. The lowest BCUT2D eigenvalue weighted by Gasteiger charge is -2.47. The van der Waals surface area contributed by atoms with Crippen LogP contribution in [-0.4, -0.2) is 75.7 Å². The third-order valence-corrected chi connectivity index (χ3v) is 5.60. The Kier molecular flexibility index (Phi) is 7.75. The number of aliphatic carboxylic acids is 1. The van der Waals surface area contributed by atoms with Gasteiger partial charge in [0.15, 0.2) is 0 Å². The van der Waals surface area contributed by atoms with Crippen molar-refractivity contribution in [3.05, 3.63) is 35.9 Å². The zero-order valence-electron chi connectivity index (χ0n) is 17.9. The Morgan fingerprint density at radius 1 is 1.18 bits per heavy atom. The summed E-state index contributed by atoms with van der Waals surface area (Å²) in [5, 5.41) is 16.0. The topological polar surface area (TPSA) is 153 Å². The number of carboxylic acids is 1. The number of aryl methyl sites for hydroxylation is 1. The molecular weight excluding hydrogens is 432 g/mol. The summed E-state index contributed by atoms with van der Waals surface area (Å²) >= 11 is 0. The van der Waals surface area contributed by atoms with Crippen LogP contribution in [0.2, 0.25) is 0 Å². The first-order valence-electron chi connectivity index (χ1n) is 10.7. The molecule has 3 atom stereocenters. The van der Waals surface area contributed by atoms with Crippen LogP contribution in [0.4, 0.5) is 0 Å². The molecule has 2 aliphatic heterocycles. The van der Waals surface area contributed by atoms with Gasteiger partial charge in [-0.1, -0.05) is 30.3 Å². The van der Waals surface area contributed by atoms with Crippen molar-refractivity contribution in [3.63, 3.8) is 0 Å². The van der Waals surface area contributed by atoms with Gasteiger partial charge in [-0.2, -0.15) is 0 Å². The van der Waals surface area contributed by atoms with E-state index >= 15 is 0 Å². The van der Waals surface area contributed by atoms with Crippen LogP contribution in [0.15, 0.2) is 30.3 Å². The molecule has 3 rings (SSSR count). The lowest BCUT2D eigenvalue weighted by Crippen LogP contribution is -2.69. The Bertz CT molecular complexity index is 936. The molecule has 0 bridgehead atoms. The van der Waals surface area contributed by atoms with Gasteiger partial charge in [0.05, 0.1) is 18.9 Å². The first kappa shape index (κ1) is 23.9. The molecule has 2 aliphatic rings. The van der Waals surface area contributed by atoms with Crippen molar-refractivity contribution in [1.82, 2.24) is 20.7 Å². The van der Waals surface area contributed by atoms with E-state index in [0.29, 0.717) is 19.1 Å². The number of aldehydes is 1. The second-order valence-electron chi connectivity index (χ2n) is 8.02. The molecule has 0 aromatic heterocycles. The SMILES string of the molecule is O=C[C@H](CC(=O)O)NC(=O)[C@@H]1CCCN2C(=O)C[C@H](NC(=O)CCc3ccccc3)C(=O)N12. The van der Waals surface area contributed by atoms with E-state index in [-0.39, 0.29) is 31.7 Å². The number of nitrogens with one attached hydrogen (secondary N) is 2. The predicted octanol–water partition coefficient (Wildman–Crippen LogP) is -0.599. The molecule has 3 N–H and O–H groups in total. The summed E-state index contributed by atoms with van der Waals surface area (Å²) in [6.45, 7) is 0.245. The lowest BCUT2D eigenvalue weighted by atomic mass is 10.0. The van der Waals surface area contributed by atoms with E-state index in [2.05, 4.69) is 10.6 Å². The normalized spacial score (nSPS) is 21.1. The van der Waals surface area contributed by atoms with Gasteiger partial charge in [-0.3, -0.25) is 29.0 Å². The van der Waals surface area contributed by atoms with E-state index in [0.717, 1.165) is 10.6 Å². The minimum absolute atomic E-state index is 0.131. The summed E-state index contributed by atoms with van der Waals surface area (Å²) in [4.78, 5) is 73.0. The number of hydrazine groups is 1. The number of carbonyl (C=O) groups excluding carboxylic acids is 5. The largest absolute Gasteiger partial charge is 0.481 e. The van der Waals surface area contributed by atoms with Crippen LogP contribution >= 0.6 is 0 Å². The molecule has 1 aromatic carbocycles. The first-order valence-corrected chi connectivity index (χ1v) is 10.7. The summed E-state index contributed by atoms with van der Waals surface area (Å²) in [6.07, 6.45) is 0.785. The highest BCUT2D eigenvalue weighted by Crippen LogP contribution is 2.25. The van der Waals surface area contributed by atoms with E-state index in [1.165, 1.54) is 5.01 Å². The maximum atomic E-state index is 13.1. The van der Waals surface area contributed by atoms with Gasteiger partial charge < -0.3 is 20.5 Å². The molecular formula is C22H26N4O7. The van der Waals surface area contributed by atoms with Crippen LogP contribution in [0.5, 0.6) is 0 Å².